The van der Waals surface area contributed by atoms with E-state index in [1.54, 1.807) is 6.07 Å². The summed E-state index contributed by atoms with van der Waals surface area (Å²) in [5.74, 6) is 0.163. The fourth-order valence-electron chi connectivity index (χ4n) is 2.08. The number of halogens is 3. The lowest BCUT2D eigenvalue weighted by molar-refractivity contribution is -0.137. The van der Waals surface area contributed by atoms with Crippen LogP contribution in [0.3, 0.4) is 0 Å². The number of aryl methyl sites for hydroxylation is 1. The Hall–Kier alpha value is -2.50. The van der Waals surface area contributed by atoms with Gasteiger partial charge in [0.2, 0.25) is 0 Å². The van der Waals surface area contributed by atoms with Crippen molar-refractivity contribution < 1.29 is 13.2 Å². The van der Waals surface area contributed by atoms with Crippen LogP contribution in [0.5, 0.6) is 0 Å². The molecule has 0 fully saturated rings. The number of hydrogen-bond donors (Lipinski definition) is 2. The van der Waals surface area contributed by atoms with Gasteiger partial charge in [0.05, 0.1) is 12.1 Å². The molecule has 2 aromatic rings. The van der Waals surface area contributed by atoms with Crippen LogP contribution >= 0.6 is 0 Å². The molecule has 0 aliphatic carbocycles. The average molecular weight is 321 g/mol. The number of aliphatic imine (C=N–C) groups is 1. The maximum Gasteiger partial charge on any atom is 0.416 e. The summed E-state index contributed by atoms with van der Waals surface area (Å²) in [7, 11) is 0. The summed E-state index contributed by atoms with van der Waals surface area (Å²) in [4.78, 5) is 4.08. The predicted octanol–water partition coefficient (Wildman–Crippen LogP) is 4.19. The van der Waals surface area contributed by atoms with Crippen LogP contribution in [0.2, 0.25) is 0 Å². The number of alkyl halides is 3. The summed E-state index contributed by atoms with van der Waals surface area (Å²) in [6.07, 6.45) is -3.46. The van der Waals surface area contributed by atoms with Crippen LogP contribution in [0.25, 0.3) is 0 Å². The molecule has 2 rings (SSSR count). The van der Waals surface area contributed by atoms with Gasteiger partial charge in [-0.1, -0.05) is 31.2 Å². The van der Waals surface area contributed by atoms with E-state index in [1.807, 2.05) is 31.2 Å². The number of guanidine groups is 1. The molecule has 0 saturated carbocycles. The van der Waals surface area contributed by atoms with Gasteiger partial charge in [-0.15, -0.1) is 0 Å². The van der Waals surface area contributed by atoms with Gasteiger partial charge < -0.3 is 11.1 Å². The molecular formula is C17H18F3N3. The first-order valence-corrected chi connectivity index (χ1v) is 7.20. The van der Waals surface area contributed by atoms with Crippen molar-refractivity contribution in [2.45, 2.75) is 26.1 Å². The molecular weight excluding hydrogens is 303 g/mol. The van der Waals surface area contributed by atoms with E-state index >= 15 is 0 Å². The van der Waals surface area contributed by atoms with Crippen molar-refractivity contribution in [3.05, 3.63) is 65.2 Å². The second kappa shape index (κ2) is 7.17. The van der Waals surface area contributed by atoms with Crippen LogP contribution in [-0.4, -0.2) is 5.96 Å². The largest absolute Gasteiger partial charge is 0.416 e. The summed E-state index contributed by atoms with van der Waals surface area (Å²) in [6.45, 7) is 2.13. The van der Waals surface area contributed by atoms with Crippen molar-refractivity contribution in [3.8, 4) is 0 Å². The monoisotopic (exact) mass is 321 g/mol. The smallest absolute Gasteiger partial charge is 0.370 e. The number of nitrogens with two attached hydrogens (primary N) is 1. The topological polar surface area (TPSA) is 50.4 Å². The molecule has 0 atom stereocenters. The summed E-state index contributed by atoms with van der Waals surface area (Å²) in [5, 5.41) is 2.94. The minimum absolute atomic E-state index is 0.0796. The average Bonchev–Trinajstić information content (AvgIpc) is 2.52. The van der Waals surface area contributed by atoms with Gasteiger partial charge in [0.15, 0.2) is 5.96 Å². The Morgan fingerprint density at radius 2 is 1.78 bits per heavy atom. The van der Waals surface area contributed by atoms with Crippen molar-refractivity contribution in [2.75, 3.05) is 5.32 Å². The van der Waals surface area contributed by atoms with Crippen LogP contribution in [0.1, 0.15) is 23.6 Å². The maximum absolute atomic E-state index is 12.7. The Morgan fingerprint density at radius 3 is 2.48 bits per heavy atom. The molecule has 0 amide bonds. The zero-order valence-corrected chi connectivity index (χ0v) is 12.7. The maximum atomic E-state index is 12.7. The Morgan fingerprint density at radius 1 is 1.09 bits per heavy atom. The molecule has 6 heteroatoms. The molecule has 0 aliphatic rings. The molecule has 3 nitrogen and oxygen atoms in total. The SMILES string of the molecule is CCc1cccc(NC(N)=NCc2cccc(C(F)(F)F)c2)c1. The van der Waals surface area contributed by atoms with Gasteiger partial charge in [-0.3, -0.25) is 0 Å². The van der Waals surface area contributed by atoms with Crippen molar-refractivity contribution in [1.82, 2.24) is 0 Å². The highest BCUT2D eigenvalue weighted by molar-refractivity contribution is 5.92. The van der Waals surface area contributed by atoms with Gasteiger partial charge in [0.1, 0.15) is 0 Å². The normalized spacial score (nSPS) is 12.3. The highest BCUT2D eigenvalue weighted by Gasteiger charge is 2.30. The van der Waals surface area contributed by atoms with E-state index in [0.29, 0.717) is 5.56 Å². The van der Waals surface area contributed by atoms with Gasteiger partial charge in [-0.05, 0) is 41.8 Å². The molecule has 0 saturated heterocycles. The Bertz CT molecular complexity index is 693. The van der Waals surface area contributed by atoms with Crippen LogP contribution in [0.4, 0.5) is 18.9 Å². The van der Waals surface area contributed by atoms with Gasteiger partial charge in [-0.25, -0.2) is 4.99 Å². The third kappa shape index (κ3) is 5.02. The lowest BCUT2D eigenvalue weighted by atomic mass is 10.1. The standard InChI is InChI=1S/C17H18F3N3/c1-2-12-5-4-8-15(10-12)23-16(21)22-11-13-6-3-7-14(9-13)17(18,19)20/h3-10H,2,11H2,1H3,(H3,21,22,23). The summed E-state index contributed by atoms with van der Waals surface area (Å²) in [6, 6.07) is 12.8. The van der Waals surface area contributed by atoms with Crippen LogP contribution in [0.15, 0.2) is 53.5 Å². The van der Waals surface area contributed by atoms with E-state index in [2.05, 4.69) is 10.3 Å². The molecule has 0 unspecified atom stereocenters. The number of nitrogens with zero attached hydrogens (tertiary/aromatic N) is 1. The van der Waals surface area contributed by atoms with Gasteiger partial charge in [0.25, 0.3) is 0 Å². The molecule has 122 valence electrons. The Labute approximate surface area is 133 Å². The summed E-state index contributed by atoms with van der Waals surface area (Å²) in [5.41, 5.74) is 7.50. The van der Waals surface area contributed by atoms with E-state index in [9.17, 15) is 13.2 Å². The molecule has 0 radical (unpaired) electrons. The number of benzene rings is 2. The predicted molar refractivity (Wildman–Crippen MR) is 86.2 cm³/mol. The Kier molecular flexibility index (Phi) is 5.26. The molecule has 3 N–H and O–H groups in total. The second-order valence-corrected chi connectivity index (χ2v) is 5.08. The molecule has 0 aliphatic heterocycles. The van der Waals surface area contributed by atoms with Crippen molar-refractivity contribution in [3.63, 3.8) is 0 Å². The molecule has 0 spiro atoms. The summed E-state index contributed by atoms with van der Waals surface area (Å²) < 4.78 is 38.0. The second-order valence-electron chi connectivity index (χ2n) is 5.08. The number of rotatable bonds is 4. The van der Waals surface area contributed by atoms with Crippen LogP contribution in [0, 0.1) is 0 Å². The van der Waals surface area contributed by atoms with E-state index in [4.69, 9.17) is 5.73 Å². The number of hydrogen-bond acceptors (Lipinski definition) is 1. The molecule has 0 heterocycles. The van der Waals surface area contributed by atoms with Crippen LogP contribution in [-0.2, 0) is 19.1 Å². The zero-order chi connectivity index (χ0) is 16.9. The van der Waals surface area contributed by atoms with Crippen molar-refractivity contribution in [1.29, 1.82) is 0 Å². The molecule has 23 heavy (non-hydrogen) atoms. The van der Waals surface area contributed by atoms with E-state index < -0.39 is 11.7 Å². The van der Waals surface area contributed by atoms with E-state index in [0.717, 1.165) is 29.8 Å². The van der Waals surface area contributed by atoms with Crippen LogP contribution < -0.4 is 11.1 Å². The number of nitrogens with one attached hydrogen (secondary N) is 1. The minimum atomic E-state index is -4.36. The van der Waals surface area contributed by atoms with E-state index in [-0.39, 0.29) is 12.5 Å². The molecule has 0 bridgehead atoms. The fourth-order valence-corrected chi connectivity index (χ4v) is 2.08. The molecule has 2 aromatic carbocycles. The summed E-state index contributed by atoms with van der Waals surface area (Å²) >= 11 is 0. The highest BCUT2D eigenvalue weighted by Crippen LogP contribution is 2.29. The lowest BCUT2D eigenvalue weighted by Crippen LogP contribution is -2.22. The van der Waals surface area contributed by atoms with E-state index in [1.165, 1.54) is 6.07 Å². The third-order valence-corrected chi connectivity index (χ3v) is 3.29. The first-order chi connectivity index (χ1) is 10.9. The first kappa shape index (κ1) is 16.9. The Balaban J connectivity index is 2.04. The zero-order valence-electron chi connectivity index (χ0n) is 12.7. The van der Waals surface area contributed by atoms with Gasteiger partial charge in [0, 0.05) is 5.69 Å². The quantitative estimate of drug-likeness (QED) is 0.655. The highest BCUT2D eigenvalue weighted by atomic mass is 19.4. The lowest BCUT2D eigenvalue weighted by Gasteiger charge is -2.09. The van der Waals surface area contributed by atoms with Gasteiger partial charge in [-0.2, -0.15) is 13.2 Å². The number of anilines is 1. The van der Waals surface area contributed by atoms with Crippen molar-refractivity contribution >= 4 is 11.6 Å². The minimum Gasteiger partial charge on any atom is -0.370 e. The fraction of sp³-hybridized carbons (Fsp3) is 0.235. The van der Waals surface area contributed by atoms with Crippen molar-refractivity contribution in [2.24, 2.45) is 10.7 Å². The third-order valence-electron chi connectivity index (χ3n) is 3.29. The van der Waals surface area contributed by atoms with Gasteiger partial charge >= 0.3 is 6.18 Å². The molecule has 0 aromatic heterocycles. The first-order valence-electron chi connectivity index (χ1n) is 7.20.